The van der Waals surface area contributed by atoms with E-state index in [1.165, 1.54) is 0 Å². The molecule has 0 fully saturated rings. The van der Waals surface area contributed by atoms with E-state index in [0.717, 1.165) is 24.5 Å². The Labute approximate surface area is 141 Å². The number of aryl methyl sites for hydroxylation is 1. The molecule has 7 heteroatoms. The van der Waals surface area contributed by atoms with Crippen molar-refractivity contribution in [3.05, 3.63) is 59.4 Å². The zero-order valence-electron chi connectivity index (χ0n) is 13.5. The largest absolute Gasteiger partial charge is 0.490 e. The molecule has 0 aliphatic carbocycles. The first-order chi connectivity index (χ1) is 11.4. The van der Waals surface area contributed by atoms with Gasteiger partial charge < -0.3 is 4.74 Å². The molecular formula is C17H19NO5S. The minimum atomic E-state index is -3.67. The van der Waals surface area contributed by atoms with E-state index in [2.05, 4.69) is 4.98 Å². The second-order valence-corrected chi connectivity index (χ2v) is 6.83. The maximum absolute atomic E-state index is 11.5. The van der Waals surface area contributed by atoms with E-state index in [1.54, 1.807) is 36.5 Å². The zero-order chi connectivity index (χ0) is 17.6. The molecule has 0 aliphatic rings. The summed E-state index contributed by atoms with van der Waals surface area (Å²) in [5.41, 5.74) is 2.05. The van der Waals surface area contributed by atoms with E-state index in [-0.39, 0.29) is 6.61 Å². The lowest BCUT2D eigenvalue weighted by molar-refractivity contribution is 0.112. The molecule has 1 aromatic carbocycles. The Balaban J connectivity index is 2.13. The summed E-state index contributed by atoms with van der Waals surface area (Å²) in [6.07, 6.45) is 3.39. The van der Waals surface area contributed by atoms with Gasteiger partial charge in [0.1, 0.15) is 18.6 Å². The van der Waals surface area contributed by atoms with E-state index in [1.807, 2.05) is 13.0 Å². The Morgan fingerprint density at radius 1 is 1.17 bits per heavy atom. The van der Waals surface area contributed by atoms with Gasteiger partial charge in [-0.25, -0.2) is 0 Å². The standard InChI is InChI=1S/C17H19NO5S/c1-3-13-6-9-16(18-10-13)17(23-24(2,20)21)12-22-15-7-4-14(11-19)5-8-15/h4-11,17H,3,12H2,1-2H3. The number of benzene rings is 1. The summed E-state index contributed by atoms with van der Waals surface area (Å²) in [5.74, 6) is 0.507. The molecule has 0 bridgehead atoms. The van der Waals surface area contributed by atoms with Crippen molar-refractivity contribution in [2.45, 2.75) is 19.4 Å². The number of carbonyl (C=O) groups excluding carboxylic acids is 1. The van der Waals surface area contributed by atoms with Crippen LogP contribution < -0.4 is 4.74 Å². The Bertz CT molecular complexity index is 770. The molecule has 0 saturated carbocycles. The van der Waals surface area contributed by atoms with E-state index >= 15 is 0 Å². The first-order valence-electron chi connectivity index (χ1n) is 7.42. The number of hydrogen-bond acceptors (Lipinski definition) is 6. The fourth-order valence-electron chi connectivity index (χ4n) is 2.02. The van der Waals surface area contributed by atoms with Crippen LogP contribution in [0.4, 0.5) is 0 Å². The molecule has 0 N–H and O–H groups in total. The van der Waals surface area contributed by atoms with Gasteiger partial charge in [0.25, 0.3) is 10.1 Å². The summed E-state index contributed by atoms with van der Waals surface area (Å²) in [7, 11) is -3.67. The highest BCUT2D eigenvalue weighted by atomic mass is 32.2. The Hall–Kier alpha value is -2.25. The van der Waals surface area contributed by atoms with Crippen LogP contribution in [0.2, 0.25) is 0 Å². The van der Waals surface area contributed by atoms with Crippen molar-refractivity contribution in [2.75, 3.05) is 12.9 Å². The minimum Gasteiger partial charge on any atom is -0.490 e. The summed E-state index contributed by atoms with van der Waals surface area (Å²) in [5, 5.41) is 0. The van der Waals surface area contributed by atoms with Crippen LogP contribution in [0.15, 0.2) is 42.6 Å². The molecule has 0 spiro atoms. The fraction of sp³-hybridized carbons (Fsp3) is 0.294. The smallest absolute Gasteiger partial charge is 0.265 e. The SMILES string of the molecule is CCc1ccc(C(COc2ccc(C=O)cc2)OS(C)(=O)=O)nc1. The monoisotopic (exact) mass is 349 g/mol. The zero-order valence-corrected chi connectivity index (χ0v) is 14.3. The highest BCUT2D eigenvalue weighted by Gasteiger charge is 2.20. The quantitative estimate of drug-likeness (QED) is 0.538. The van der Waals surface area contributed by atoms with Crippen LogP contribution in [0, 0.1) is 0 Å². The van der Waals surface area contributed by atoms with Crippen molar-refractivity contribution in [1.29, 1.82) is 0 Å². The van der Waals surface area contributed by atoms with Gasteiger partial charge in [0.15, 0.2) is 6.10 Å². The number of pyridine rings is 1. The first kappa shape index (κ1) is 18.1. The molecular weight excluding hydrogens is 330 g/mol. The molecule has 6 nitrogen and oxygen atoms in total. The summed E-state index contributed by atoms with van der Waals surface area (Å²) < 4.78 is 33.6. The molecule has 0 aliphatic heterocycles. The van der Waals surface area contributed by atoms with Crippen LogP contribution in [0.25, 0.3) is 0 Å². The molecule has 1 unspecified atom stereocenters. The number of carbonyl (C=O) groups is 1. The summed E-state index contributed by atoms with van der Waals surface area (Å²) in [4.78, 5) is 14.9. The van der Waals surface area contributed by atoms with Crippen LogP contribution >= 0.6 is 0 Å². The van der Waals surface area contributed by atoms with Crippen LogP contribution in [0.3, 0.4) is 0 Å². The lowest BCUT2D eigenvalue weighted by Crippen LogP contribution is -2.18. The molecule has 2 aromatic rings. The third-order valence-electron chi connectivity index (χ3n) is 3.29. The van der Waals surface area contributed by atoms with Crippen molar-refractivity contribution < 1.29 is 22.1 Å². The van der Waals surface area contributed by atoms with Gasteiger partial charge in [0, 0.05) is 11.8 Å². The third kappa shape index (κ3) is 5.43. The Morgan fingerprint density at radius 3 is 2.38 bits per heavy atom. The summed E-state index contributed by atoms with van der Waals surface area (Å²) >= 11 is 0. The Kier molecular flexibility index (Phi) is 6.05. The number of rotatable bonds is 8. The first-order valence-corrected chi connectivity index (χ1v) is 9.24. The molecule has 24 heavy (non-hydrogen) atoms. The molecule has 1 aromatic heterocycles. The lowest BCUT2D eigenvalue weighted by atomic mass is 10.2. The minimum absolute atomic E-state index is 0.0218. The van der Waals surface area contributed by atoms with Crippen molar-refractivity contribution in [3.8, 4) is 5.75 Å². The van der Waals surface area contributed by atoms with Crippen LogP contribution in [-0.4, -0.2) is 32.6 Å². The molecule has 2 rings (SSSR count). The number of nitrogens with zero attached hydrogens (tertiary/aromatic N) is 1. The van der Waals surface area contributed by atoms with E-state index in [0.29, 0.717) is 17.0 Å². The van der Waals surface area contributed by atoms with Gasteiger partial charge in [-0.15, -0.1) is 0 Å². The number of aromatic nitrogens is 1. The molecule has 1 atom stereocenters. The van der Waals surface area contributed by atoms with E-state index in [9.17, 15) is 13.2 Å². The molecule has 0 saturated heterocycles. The van der Waals surface area contributed by atoms with Gasteiger partial charge in [-0.3, -0.25) is 14.0 Å². The summed E-state index contributed by atoms with van der Waals surface area (Å²) in [6, 6.07) is 10.1. The summed E-state index contributed by atoms with van der Waals surface area (Å²) in [6.45, 7) is 1.99. The van der Waals surface area contributed by atoms with Gasteiger partial charge in [-0.2, -0.15) is 8.42 Å². The average Bonchev–Trinajstić information content (AvgIpc) is 2.58. The number of aldehydes is 1. The Morgan fingerprint density at radius 2 is 1.88 bits per heavy atom. The number of hydrogen-bond donors (Lipinski definition) is 0. The third-order valence-corrected chi connectivity index (χ3v) is 3.88. The van der Waals surface area contributed by atoms with Crippen LogP contribution in [0.1, 0.15) is 34.6 Å². The molecule has 0 amide bonds. The molecule has 1 heterocycles. The van der Waals surface area contributed by atoms with Gasteiger partial charge >= 0.3 is 0 Å². The van der Waals surface area contributed by atoms with Gasteiger partial charge in [0.05, 0.1) is 11.9 Å². The fourth-order valence-corrected chi connectivity index (χ4v) is 2.60. The number of ether oxygens (including phenoxy) is 1. The van der Waals surface area contributed by atoms with Gasteiger partial charge in [-0.1, -0.05) is 13.0 Å². The van der Waals surface area contributed by atoms with Crippen molar-refractivity contribution >= 4 is 16.4 Å². The van der Waals surface area contributed by atoms with Gasteiger partial charge in [0.2, 0.25) is 0 Å². The normalized spacial score (nSPS) is 12.6. The predicted octanol–water partition coefficient (Wildman–Crippen LogP) is 2.55. The topological polar surface area (TPSA) is 82.6 Å². The van der Waals surface area contributed by atoms with Crippen molar-refractivity contribution in [1.82, 2.24) is 4.98 Å². The second-order valence-electron chi connectivity index (χ2n) is 5.23. The van der Waals surface area contributed by atoms with E-state index in [4.69, 9.17) is 8.92 Å². The maximum atomic E-state index is 11.5. The predicted molar refractivity (Wildman–Crippen MR) is 89.6 cm³/mol. The average molecular weight is 349 g/mol. The highest BCUT2D eigenvalue weighted by Crippen LogP contribution is 2.21. The van der Waals surface area contributed by atoms with Gasteiger partial charge in [-0.05, 0) is 42.3 Å². The van der Waals surface area contributed by atoms with Crippen LogP contribution in [0.5, 0.6) is 5.75 Å². The second kappa shape index (κ2) is 8.03. The van der Waals surface area contributed by atoms with E-state index < -0.39 is 16.2 Å². The van der Waals surface area contributed by atoms with Crippen LogP contribution in [-0.2, 0) is 20.7 Å². The molecule has 128 valence electrons. The molecule has 0 radical (unpaired) electrons. The maximum Gasteiger partial charge on any atom is 0.265 e. The van der Waals surface area contributed by atoms with Crippen molar-refractivity contribution in [2.24, 2.45) is 0 Å². The lowest BCUT2D eigenvalue weighted by Gasteiger charge is -2.17. The van der Waals surface area contributed by atoms with Crippen molar-refractivity contribution in [3.63, 3.8) is 0 Å². The highest BCUT2D eigenvalue weighted by molar-refractivity contribution is 7.86.